The molecule has 1 aliphatic rings. The highest BCUT2D eigenvalue weighted by Crippen LogP contribution is 2.32. The Morgan fingerprint density at radius 3 is 2.88 bits per heavy atom. The molecular weight excluding hydrogens is 322 g/mol. The molecule has 0 fully saturated rings. The van der Waals surface area contributed by atoms with Gasteiger partial charge in [0.25, 0.3) is 5.89 Å². The minimum atomic E-state index is 0.461. The SMILES string of the molecule is CC(C)Cc1ccc(-c2nc(-c3cccc4c3CCC4)no2)cc1C#N. The Hall–Kier alpha value is -2.93. The molecule has 0 atom stereocenters. The summed E-state index contributed by atoms with van der Waals surface area (Å²) in [4.78, 5) is 4.61. The van der Waals surface area contributed by atoms with Crippen LogP contribution in [0.2, 0.25) is 0 Å². The van der Waals surface area contributed by atoms with Crippen LogP contribution >= 0.6 is 0 Å². The number of aryl methyl sites for hydroxylation is 1. The first-order chi connectivity index (χ1) is 12.7. The predicted molar refractivity (Wildman–Crippen MR) is 100 cm³/mol. The van der Waals surface area contributed by atoms with Gasteiger partial charge in [-0.2, -0.15) is 10.2 Å². The number of rotatable bonds is 4. The van der Waals surface area contributed by atoms with E-state index in [0.29, 0.717) is 23.2 Å². The van der Waals surface area contributed by atoms with E-state index >= 15 is 0 Å². The van der Waals surface area contributed by atoms with Crippen molar-refractivity contribution in [3.05, 3.63) is 58.7 Å². The van der Waals surface area contributed by atoms with Gasteiger partial charge >= 0.3 is 0 Å². The summed E-state index contributed by atoms with van der Waals surface area (Å²) < 4.78 is 5.51. The Balaban J connectivity index is 1.69. The van der Waals surface area contributed by atoms with Crippen molar-refractivity contribution in [2.75, 3.05) is 0 Å². The van der Waals surface area contributed by atoms with E-state index in [1.54, 1.807) is 0 Å². The summed E-state index contributed by atoms with van der Waals surface area (Å²) in [6, 6.07) is 14.4. The minimum absolute atomic E-state index is 0.461. The maximum absolute atomic E-state index is 9.48. The minimum Gasteiger partial charge on any atom is -0.334 e. The second kappa shape index (κ2) is 6.76. The van der Waals surface area contributed by atoms with E-state index in [4.69, 9.17) is 4.52 Å². The van der Waals surface area contributed by atoms with Crippen molar-refractivity contribution < 1.29 is 4.52 Å². The highest BCUT2D eigenvalue weighted by atomic mass is 16.5. The second-order valence-corrected chi connectivity index (χ2v) is 7.30. The first-order valence-electron chi connectivity index (χ1n) is 9.14. The summed E-state index contributed by atoms with van der Waals surface area (Å²) in [5.41, 5.74) is 6.32. The fourth-order valence-corrected chi connectivity index (χ4v) is 3.71. The summed E-state index contributed by atoms with van der Waals surface area (Å²) in [5.74, 6) is 1.59. The Morgan fingerprint density at radius 2 is 2.08 bits per heavy atom. The third-order valence-corrected chi connectivity index (χ3v) is 4.92. The van der Waals surface area contributed by atoms with Gasteiger partial charge < -0.3 is 4.52 Å². The van der Waals surface area contributed by atoms with E-state index < -0.39 is 0 Å². The average molecular weight is 343 g/mol. The molecule has 0 N–H and O–H groups in total. The number of nitrogens with zero attached hydrogens (tertiary/aromatic N) is 3. The van der Waals surface area contributed by atoms with Gasteiger partial charge in [0.1, 0.15) is 0 Å². The highest BCUT2D eigenvalue weighted by molar-refractivity contribution is 5.66. The van der Waals surface area contributed by atoms with Crippen LogP contribution in [0.25, 0.3) is 22.8 Å². The Labute approximate surface area is 153 Å². The lowest BCUT2D eigenvalue weighted by atomic mass is 9.97. The van der Waals surface area contributed by atoms with Crippen LogP contribution in [-0.4, -0.2) is 10.1 Å². The molecule has 3 aromatic rings. The Kier molecular flexibility index (Phi) is 4.30. The van der Waals surface area contributed by atoms with Crippen LogP contribution in [0.5, 0.6) is 0 Å². The van der Waals surface area contributed by atoms with Crippen LogP contribution in [0, 0.1) is 17.2 Å². The van der Waals surface area contributed by atoms with Crippen LogP contribution in [0.1, 0.15) is 42.5 Å². The predicted octanol–water partition coefficient (Wildman–Crippen LogP) is 4.96. The maximum Gasteiger partial charge on any atom is 0.258 e. The molecule has 0 saturated heterocycles. The van der Waals surface area contributed by atoms with E-state index in [9.17, 15) is 5.26 Å². The Bertz CT molecular complexity index is 995. The van der Waals surface area contributed by atoms with Gasteiger partial charge in [0.05, 0.1) is 11.6 Å². The largest absolute Gasteiger partial charge is 0.334 e. The lowest BCUT2D eigenvalue weighted by Gasteiger charge is -2.07. The molecule has 1 aromatic heterocycles. The summed E-state index contributed by atoms with van der Waals surface area (Å²) in [5, 5.41) is 13.7. The molecule has 2 aromatic carbocycles. The summed E-state index contributed by atoms with van der Waals surface area (Å²) in [6.07, 6.45) is 4.25. The lowest BCUT2D eigenvalue weighted by Crippen LogP contribution is -1.97. The number of fused-ring (bicyclic) bond motifs is 1. The van der Waals surface area contributed by atoms with Gasteiger partial charge in [0, 0.05) is 11.1 Å². The number of hydrogen-bond donors (Lipinski definition) is 0. The first-order valence-corrected chi connectivity index (χ1v) is 9.14. The summed E-state index contributed by atoms with van der Waals surface area (Å²) in [6.45, 7) is 4.30. The van der Waals surface area contributed by atoms with E-state index in [1.165, 1.54) is 17.5 Å². The van der Waals surface area contributed by atoms with Gasteiger partial charge in [-0.05, 0) is 60.4 Å². The van der Waals surface area contributed by atoms with Gasteiger partial charge in [0.2, 0.25) is 5.82 Å². The van der Waals surface area contributed by atoms with Crippen molar-refractivity contribution in [3.8, 4) is 28.9 Å². The molecule has 130 valence electrons. The van der Waals surface area contributed by atoms with Gasteiger partial charge in [-0.15, -0.1) is 0 Å². The van der Waals surface area contributed by atoms with Crippen LogP contribution < -0.4 is 0 Å². The smallest absolute Gasteiger partial charge is 0.258 e. The normalized spacial score (nSPS) is 13.0. The van der Waals surface area contributed by atoms with E-state index in [0.717, 1.165) is 36.0 Å². The van der Waals surface area contributed by atoms with Gasteiger partial charge in [-0.25, -0.2) is 0 Å². The fourth-order valence-electron chi connectivity index (χ4n) is 3.71. The lowest BCUT2D eigenvalue weighted by molar-refractivity contribution is 0.432. The second-order valence-electron chi connectivity index (χ2n) is 7.30. The topological polar surface area (TPSA) is 62.7 Å². The average Bonchev–Trinajstić information content (AvgIpc) is 3.30. The van der Waals surface area contributed by atoms with Crippen LogP contribution in [0.15, 0.2) is 40.9 Å². The van der Waals surface area contributed by atoms with E-state index in [2.05, 4.69) is 48.3 Å². The molecule has 0 radical (unpaired) electrons. The molecule has 26 heavy (non-hydrogen) atoms. The van der Waals surface area contributed by atoms with Crippen LogP contribution in [0.4, 0.5) is 0 Å². The molecule has 0 saturated carbocycles. The van der Waals surface area contributed by atoms with Crippen LogP contribution in [0.3, 0.4) is 0 Å². The monoisotopic (exact) mass is 343 g/mol. The molecular formula is C22H21N3O. The summed E-state index contributed by atoms with van der Waals surface area (Å²) >= 11 is 0. The molecule has 0 unspecified atom stereocenters. The standard InChI is InChI=1S/C22H21N3O/c1-14(2)11-16-9-10-17(12-18(16)13-23)22-24-21(25-26-22)20-8-4-6-15-5-3-7-19(15)20/h4,6,8-10,12,14H,3,5,7,11H2,1-2H3. The molecule has 4 rings (SSSR count). The van der Waals surface area contributed by atoms with Crippen molar-refractivity contribution in [1.29, 1.82) is 5.26 Å². The molecule has 0 amide bonds. The number of nitriles is 1. The van der Waals surface area contributed by atoms with Gasteiger partial charge in [-0.1, -0.05) is 43.3 Å². The molecule has 1 aliphatic carbocycles. The molecule has 4 nitrogen and oxygen atoms in total. The van der Waals surface area contributed by atoms with Gasteiger partial charge in [-0.3, -0.25) is 0 Å². The van der Waals surface area contributed by atoms with E-state index in [1.807, 2.05) is 18.2 Å². The summed E-state index contributed by atoms with van der Waals surface area (Å²) in [7, 11) is 0. The van der Waals surface area contributed by atoms with Crippen molar-refractivity contribution in [3.63, 3.8) is 0 Å². The van der Waals surface area contributed by atoms with Crippen molar-refractivity contribution in [2.24, 2.45) is 5.92 Å². The molecule has 0 bridgehead atoms. The van der Waals surface area contributed by atoms with E-state index in [-0.39, 0.29) is 0 Å². The number of hydrogen-bond acceptors (Lipinski definition) is 4. The van der Waals surface area contributed by atoms with Crippen molar-refractivity contribution in [2.45, 2.75) is 39.5 Å². The molecule has 4 heteroatoms. The molecule has 0 spiro atoms. The number of aromatic nitrogens is 2. The zero-order valence-electron chi connectivity index (χ0n) is 15.1. The Morgan fingerprint density at radius 1 is 1.19 bits per heavy atom. The highest BCUT2D eigenvalue weighted by Gasteiger charge is 2.19. The maximum atomic E-state index is 9.48. The quantitative estimate of drug-likeness (QED) is 0.671. The number of benzene rings is 2. The third kappa shape index (κ3) is 3.01. The first kappa shape index (κ1) is 16.5. The van der Waals surface area contributed by atoms with Crippen LogP contribution in [-0.2, 0) is 19.3 Å². The van der Waals surface area contributed by atoms with Crippen molar-refractivity contribution in [1.82, 2.24) is 10.1 Å². The fraction of sp³-hybridized carbons (Fsp3) is 0.318. The zero-order valence-corrected chi connectivity index (χ0v) is 15.1. The zero-order chi connectivity index (χ0) is 18.1. The van der Waals surface area contributed by atoms with Crippen molar-refractivity contribution >= 4 is 0 Å². The molecule has 0 aliphatic heterocycles. The van der Waals surface area contributed by atoms with Gasteiger partial charge in [0.15, 0.2) is 0 Å². The third-order valence-electron chi connectivity index (χ3n) is 4.92. The molecule has 1 heterocycles.